The summed E-state index contributed by atoms with van der Waals surface area (Å²) < 4.78 is 11.2. The lowest BCUT2D eigenvalue weighted by Gasteiger charge is -2.17. The summed E-state index contributed by atoms with van der Waals surface area (Å²) in [6.07, 6.45) is 0.601. The van der Waals surface area contributed by atoms with Gasteiger partial charge in [-0.2, -0.15) is 0 Å². The molecule has 1 aromatic carbocycles. The van der Waals surface area contributed by atoms with Crippen LogP contribution in [-0.4, -0.2) is 24.6 Å². The number of hydrogen-bond donors (Lipinski definition) is 1. The minimum absolute atomic E-state index is 0.156. The molecule has 0 aliphatic heterocycles. The molecular formula is C15H22O4. The molecular weight excluding hydrogens is 244 g/mol. The summed E-state index contributed by atoms with van der Waals surface area (Å²) in [5.74, 6) is 1.25. The number of ether oxygens (including phenoxy) is 2. The Bertz CT molecular complexity index is 424. The van der Waals surface area contributed by atoms with Gasteiger partial charge in [0.2, 0.25) is 5.75 Å². The van der Waals surface area contributed by atoms with Crippen molar-refractivity contribution in [2.75, 3.05) is 13.2 Å². The zero-order chi connectivity index (χ0) is 14.4. The van der Waals surface area contributed by atoms with E-state index in [2.05, 4.69) is 0 Å². The van der Waals surface area contributed by atoms with Crippen LogP contribution in [0.1, 0.15) is 38.1 Å². The van der Waals surface area contributed by atoms with Gasteiger partial charge in [-0.1, -0.05) is 27.7 Å². The van der Waals surface area contributed by atoms with Crippen molar-refractivity contribution in [3.05, 3.63) is 17.7 Å². The maximum Gasteiger partial charge on any atom is 0.204 e. The molecule has 0 saturated carbocycles. The van der Waals surface area contributed by atoms with Crippen LogP contribution in [0.5, 0.6) is 17.2 Å². The molecule has 0 fully saturated rings. The van der Waals surface area contributed by atoms with E-state index in [1.54, 1.807) is 6.07 Å². The number of benzene rings is 1. The maximum absolute atomic E-state index is 10.8. The molecule has 106 valence electrons. The Morgan fingerprint density at radius 2 is 1.68 bits per heavy atom. The van der Waals surface area contributed by atoms with E-state index >= 15 is 0 Å². The number of aldehydes is 1. The van der Waals surface area contributed by atoms with Crippen molar-refractivity contribution in [1.29, 1.82) is 0 Å². The van der Waals surface area contributed by atoms with Crippen LogP contribution in [0.2, 0.25) is 0 Å². The molecule has 0 aromatic heterocycles. The van der Waals surface area contributed by atoms with Crippen molar-refractivity contribution >= 4 is 6.29 Å². The summed E-state index contributed by atoms with van der Waals surface area (Å²) >= 11 is 0. The Hall–Kier alpha value is -1.71. The van der Waals surface area contributed by atoms with Crippen molar-refractivity contribution < 1.29 is 19.4 Å². The summed E-state index contributed by atoms with van der Waals surface area (Å²) in [4.78, 5) is 10.8. The molecule has 0 spiro atoms. The highest BCUT2D eigenvalue weighted by Crippen LogP contribution is 2.39. The van der Waals surface area contributed by atoms with E-state index in [1.165, 1.54) is 6.07 Å². The van der Waals surface area contributed by atoms with Crippen LogP contribution in [0.15, 0.2) is 12.1 Å². The second kappa shape index (κ2) is 7.02. The summed E-state index contributed by atoms with van der Waals surface area (Å²) in [7, 11) is 0. The highest BCUT2D eigenvalue weighted by molar-refractivity contribution is 5.82. The molecule has 0 aliphatic rings. The fraction of sp³-hybridized carbons (Fsp3) is 0.533. The first-order valence-electron chi connectivity index (χ1n) is 6.52. The van der Waals surface area contributed by atoms with Crippen molar-refractivity contribution in [1.82, 2.24) is 0 Å². The summed E-state index contributed by atoms with van der Waals surface area (Å²) in [6, 6.07) is 3.18. The van der Waals surface area contributed by atoms with Gasteiger partial charge in [0, 0.05) is 0 Å². The minimum atomic E-state index is -0.156. The monoisotopic (exact) mass is 266 g/mol. The predicted molar refractivity (Wildman–Crippen MR) is 74.2 cm³/mol. The third kappa shape index (κ3) is 4.47. The fourth-order valence-electron chi connectivity index (χ4n) is 1.42. The van der Waals surface area contributed by atoms with E-state index in [0.717, 1.165) is 0 Å². The zero-order valence-electron chi connectivity index (χ0n) is 12.0. The summed E-state index contributed by atoms with van der Waals surface area (Å²) in [6.45, 7) is 9.07. The third-order valence-corrected chi connectivity index (χ3v) is 2.39. The van der Waals surface area contributed by atoms with E-state index in [0.29, 0.717) is 37.1 Å². The number of hydrogen-bond acceptors (Lipinski definition) is 4. The summed E-state index contributed by atoms with van der Waals surface area (Å²) in [5, 5.41) is 10.0. The number of phenolic OH excluding ortho intramolecular Hbond substituents is 1. The second-order valence-corrected chi connectivity index (χ2v) is 5.36. The van der Waals surface area contributed by atoms with Gasteiger partial charge in [0.1, 0.15) is 0 Å². The SMILES string of the molecule is CC(C)COc1ccc(C=O)c(O)c1OCC(C)C. The van der Waals surface area contributed by atoms with Crippen LogP contribution >= 0.6 is 0 Å². The van der Waals surface area contributed by atoms with Crippen LogP contribution < -0.4 is 9.47 Å². The second-order valence-electron chi connectivity index (χ2n) is 5.36. The van der Waals surface area contributed by atoms with Crippen molar-refractivity contribution in [2.45, 2.75) is 27.7 Å². The van der Waals surface area contributed by atoms with Crippen molar-refractivity contribution in [3.8, 4) is 17.2 Å². The molecule has 4 nitrogen and oxygen atoms in total. The summed E-state index contributed by atoms with van der Waals surface area (Å²) in [5.41, 5.74) is 0.204. The number of phenols is 1. The average molecular weight is 266 g/mol. The Morgan fingerprint density at radius 3 is 2.21 bits per heavy atom. The van der Waals surface area contributed by atoms with Crippen molar-refractivity contribution in [2.24, 2.45) is 11.8 Å². The van der Waals surface area contributed by atoms with Gasteiger partial charge in [0.15, 0.2) is 17.8 Å². The van der Waals surface area contributed by atoms with E-state index in [4.69, 9.17) is 9.47 Å². The first kappa shape index (κ1) is 15.3. The fourth-order valence-corrected chi connectivity index (χ4v) is 1.42. The Morgan fingerprint density at radius 1 is 1.11 bits per heavy atom. The number of rotatable bonds is 7. The average Bonchev–Trinajstić information content (AvgIpc) is 2.34. The van der Waals surface area contributed by atoms with Gasteiger partial charge in [0.25, 0.3) is 0 Å². The number of aromatic hydroxyl groups is 1. The highest BCUT2D eigenvalue weighted by atomic mass is 16.5. The van der Waals surface area contributed by atoms with Crippen LogP contribution in [0, 0.1) is 11.8 Å². The first-order chi connectivity index (χ1) is 8.95. The molecule has 0 unspecified atom stereocenters. The highest BCUT2D eigenvalue weighted by Gasteiger charge is 2.16. The van der Waals surface area contributed by atoms with Gasteiger partial charge in [-0.25, -0.2) is 0 Å². The van der Waals surface area contributed by atoms with Crippen LogP contribution in [0.25, 0.3) is 0 Å². The van der Waals surface area contributed by atoms with Gasteiger partial charge in [-0.05, 0) is 24.0 Å². The molecule has 0 saturated heterocycles. The molecule has 4 heteroatoms. The number of carbonyl (C=O) groups is 1. The molecule has 0 atom stereocenters. The van der Waals surface area contributed by atoms with Gasteiger partial charge in [0.05, 0.1) is 18.8 Å². The standard InChI is InChI=1S/C15H22O4/c1-10(2)8-18-13-6-5-12(7-16)14(17)15(13)19-9-11(3)4/h5-7,10-11,17H,8-9H2,1-4H3. The number of carbonyl (C=O) groups excluding carboxylic acids is 1. The lowest BCUT2D eigenvalue weighted by atomic mass is 10.2. The van der Waals surface area contributed by atoms with Gasteiger partial charge < -0.3 is 14.6 Å². The van der Waals surface area contributed by atoms with Crippen LogP contribution in [0.3, 0.4) is 0 Å². The minimum Gasteiger partial charge on any atom is -0.504 e. The quantitative estimate of drug-likeness (QED) is 0.769. The van der Waals surface area contributed by atoms with Crippen LogP contribution in [-0.2, 0) is 0 Å². The van der Waals surface area contributed by atoms with E-state index in [-0.39, 0.29) is 17.1 Å². The molecule has 0 amide bonds. The lowest BCUT2D eigenvalue weighted by molar-refractivity contribution is 0.111. The molecule has 1 aromatic rings. The Labute approximate surface area is 114 Å². The molecule has 0 bridgehead atoms. The third-order valence-electron chi connectivity index (χ3n) is 2.39. The van der Waals surface area contributed by atoms with E-state index in [9.17, 15) is 9.90 Å². The van der Waals surface area contributed by atoms with Crippen molar-refractivity contribution in [3.63, 3.8) is 0 Å². The topological polar surface area (TPSA) is 55.8 Å². The predicted octanol–water partition coefficient (Wildman–Crippen LogP) is 3.27. The normalized spacial score (nSPS) is 10.8. The maximum atomic E-state index is 10.8. The molecule has 0 radical (unpaired) electrons. The lowest BCUT2D eigenvalue weighted by Crippen LogP contribution is -2.09. The Balaban J connectivity index is 3.00. The molecule has 19 heavy (non-hydrogen) atoms. The largest absolute Gasteiger partial charge is 0.504 e. The Kier molecular flexibility index (Phi) is 5.67. The molecule has 0 heterocycles. The van der Waals surface area contributed by atoms with Gasteiger partial charge >= 0.3 is 0 Å². The first-order valence-corrected chi connectivity index (χ1v) is 6.52. The molecule has 0 aliphatic carbocycles. The molecule has 1 rings (SSSR count). The van der Waals surface area contributed by atoms with Gasteiger partial charge in [-0.15, -0.1) is 0 Å². The van der Waals surface area contributed by atoms with E-state index < -0.39 is 0 Å². The van der Waals surface area contributed by atoms with Gasteiger partial charge in [-0.3, -0.25) is 4.79 Å². The molecule has 1 N–H and O–H groups in total. The smallest absolute Gasteiger partial charge is 0.204 e. The zero-order valence-corrected chi connectivity index (χ0v) is 12.0. The van der Waals surface area contributed by atoms with Crippen LogP contribution in [0.4, 0.5) is 0 Å². The van der Waals surface area contributed by atoms with E-state index in [1.807, 2.05) is 27.7 Å².